The van der Waals surface area contributed by atoms with Gasteiger partial charge in [-0.3, -0.25) is 15.2 Å². The van der Waals surface area contributed by atoms with E-state index in [2.05, 4.69) is 20.8 Å². The Morgan fingerprint density at radius 2 is 2.00 bits per heavy atom. The Morgan fingerprint density at radius 1 is 1.25 bits per heavy atom. The van der Waals surface area contributed by atoms with E-state index in [0.29, 0.717) is 23.8 Å². The Bertz CT molecular complexity index is 1380. The summed E-state index contributed by atoms with van der Waals surface area (Å²) in [4.78, 5) is 18.8. The summed E-state index contributed by atoms with van der Waals surface area (Å²) in [5.74, 6) is -1.26. The Balaban J connectivity index is 1.52. The van der Waals surface area contributed by atoms with Crippen LogP contribution in [-0.2, 0) is 19.3 Å². The largest absolute Gasteiger partial charge is 0.416 e. The van der Waals surface area contributed by atoms with E-state index in [9.17, 15) is 22.4 Å². The number of halogens is 4. The molecular formula is C24H23F4N7O. The second-order valence-electron chi connectivity index (χ2n) is 8.78. The van der Waals surface area contributed by atoms with Gasteiger partial charge in [-0.25, -0.2) is 9.38 Å². The van der Waals surface area contributed by atoms with Crippen molar-refractivity contribution < 1.29 is 22.4 Å². The molecule has 1 unspecified atom stereocenters. The first-order valence-corrected chi connectivity index (χ1v) is 11.2. The SMILES string of the molecule is Cc1[nH]nc2c1CN(C1=NC(NCc3c(F)cccc3C(F)(F)F)c3cccc(C(N)=O)c3N1)[C@H]2C. The number of nitrogens with zero attached hydrogens (tertiary/aromatic N) is 3. The average Bonchev–Trinajstić information content (AvgIpc) is 3.36. The second kappa shape index (κ2) is 8.63. The van der Waals surface area contributed by atoms with Gasteiger partial charge in [-0.1, -0.05) is 18.2 Å². The van der Waals surface area contributed by atoms with E-state index >= 15 is 0 Å². The van der Waals surface area contributed by atoms with Crippen LogP contribution in [0.2, 0.25) is 0 Å². The van der Waals surface area contributed by atoms with Crippen molar-refractivity contribution in [3.8, 4) is 0 Å². The normalized spacial score (nSPS) is 18.9. The maximum absolute atomic E-state index is 14.5. The smallest absolute Gasteiger partial charge is 0.366 e. The van der Waals surface area contributed by atoms with Crippen LogP contribution in [0, 0.1) is 12.7 Å². The number of carbonyl (C=O) groups is 1. The van der Waals surface area contributed by atoms with Gasteiger partial charge in [0.25, 0.3) is 5.91 Å². The summed E-state index contributed by atoms with van der Waals surface area (Å²) in [7, 11) is 0. The molecule has 0 fully saturated rings. The molecule has 5 rings (SSSR count). The van der Waals surface area contributed by atoms with Gasteiger partial charge < -0.3 is 16.0 Å². The van der Waals surface area contributed by atoms with Crippen molar-refractivity contribution in [2.75, 3.05) is 5.32 Å². The maximum atomic E-state index is 14.5. The number of aryl methyl sites for hydroxylation is 1. The minimum absolute atomic E-state index is 0.164. The molecule has 2 atom stereocenters. The predicted octanol–water partition coefficient (Wildman–Crippen LogP) is 4.12. The Labute approximate surface area is 203 Å². The number of aromatic nitrogens is 2. The Kier molecular flexibility index (Phi) is 5.70. The first-order valence-electron chi connectivity index (χ1n) is 11.2. The summed E-state index contributed by atoms with van der Waals surface area (Å²) in [6.45, 7) is 3.90. The lowest BCUT2D eigenvalue weighted by Crippen LogP contribution is -2.40. The molecule has 2 aliphatic rings. The van der Waals surface area contributed by atoms with E-state index < -0.39 is 41.7 Å². The predicted molar refractivity (Wildman–Crippen MR) is 124 cm³/mol. The highest BCUT2D eigenvalue weighted by Gasteiger charge is 2.37. The average molecular weight is 501 g/mol. The van der Waals surface area contributed by atoms with Gasteiger partial charge in [0, 0.05) is 28.9 Å². The van der Waals surface area contributed by atoms with Gasteiger partial charge in [0.2, 0.25) is 5.96 Å². The number of fused-ring (bicyclic) bond motifs is 2. The molecule has 36 heavy (non-hydrogen) atoms. The number of para-hydroxylation sites is 1. The zero-order valence-electron chi connectivity index (χ0n) is 19.4. The zero-order valence-corrected chi connectivity index (χ0v) is 19.4. The summed E-state index contributed by atoms with van der Waals surface area (Å²) in [6, 6.07) is 7.53. The van der Waals surface area contributed by atoms with E-state index in [1.54, 1.807) is 18.2 Å². The van der Waals surface area contributed by atoms with E-state index in [1.807, 2.05) is 18.7 Å². The number of benzene rings is 2. The number of anilines is 1. The van der Waals surface area contributed by atoms with E-state index in [-0.39, 0.29) is 11.6 Å². The molecule has 0 radical (unpaired) electrons. The monoisotopic (exact) mass is 501 g/mol. The fraction of sp³-hybridized carbons (Fsp3) is 0.292. The van der Waals surface area contributed by atoms with Gasteiger partial charge in [-0.05, 0) is 32.0 Å². The molecule has 0 aliphatic carbocycles. The summed E-state index contributed by atoms with van der Waals surface area (Å²) in [6.07, 6.45) is -5.60. The third kappa shape index (κ3) is 3.96. The molecule has 1 aromatic heterocycles. The summed E-state index contributed by atoms with van der Waals surface area (Å²) >= 11 is 0. The minimum atomic E-state index is -4.72. The summed E-state index contributed by atoms with van der Waals surface area (Å²) in [5.41, 5.74) is 7.91. The lowest BCUT2D eigenvalue weighted by molar-refractivity contribution is -0.138. The summed E-state index contributed by atoms with van der Waals surface area (Å²) in [5, 5.41) is 13.4. The molecular weight excluding hydrogens is 478 g/mol. The minimum Gasteiger partial charge on any atom is -0.366 e. The van der Waals surface area contributed by atoms with Crippen LogP contribution in [0.4, 0.5) is 23.2 Å². The van der Waals surface area contributed by atoms with Crippen LogP contribution in [0.15, 0.2) is 41.4 Å². The van der Waals surface area contributed by atoms with Crippen LogP contribution in [0.25, 0.3) is 0 Å². The van der Waals surface area contributed by atoms with Gasteiger partial charge in [0.15, 0.2) is 0 Å². The number of hydrogen-bond acceptors (Lipinski definition) is 6. The number of nitrogens with two attached hydrogens (primary N) is 1. The Hall–Kier alpha value is -3.93. The van der Waals surface area contributed by atoms with Gasteiger partial charge >= 0.3 is 6.18 Å². The molecule has 5 N–H and O–H groups in total. The fourth-order valence-electron chi connectivity index (χ4n) is 4.71. The number of aromatic amines is 1. The Morgan fingerprint density at radius 3 is 2.69 bits per heavy atom. The molecule has 0 bridgehead atoms. The molecule has 3 heterocycles. The summed E-state index contributed by atoms with van der Waals surface area (Å²) < 4.78 is 55.0. The maximum Gasteiger partial charge on any atom is 0.416 e. The second-order valence-corrected chi connectivity index (χ2v) is 8.78. The van der Waals surface area contributed by atoms with E-state index in [4.69, 9.17) is 10.7 Å². The van der Waals surface area contributed by atoms with Crippen LogP contribution < -0.4 is 16.4 Å². The molecule has 0 saturated carbocycles. The topological polar surface area (TPSA) is 111 Å². The number of nitrogens with one attached hydrogen (secondary N) is 3. The quantitative estimate of drug-likeness (QED) is 0.402. The lowest BCUT2D eigenvalue weighted by Gasteiger charge is -2.33. The number of alkyl halides is 3. The van der Waals surface area contributed by atoms with Gasteiger partial charge in [-0.2, -0.15) is 18.3 Å². The number of carbonyl (C=O) groups excluding carboxylic acids is 1. The number of H-pyrrole nitrogens is 1. The highest BCUT2D eigenvalue weighted by molar-refractivity contribution is 6.06. The van der Waals surface area contributed by atoms with Crippen molar-refractivity contribution in [1.82, 2.24) is 20.4 Å². The first kappa shape index (κ1) is 23.8. The van der Waals surface area contributed by atoms with Crippen LogP contribution >= 0.6 is 0 Å². The number of primary amides is 1. The van der Waals surface area contributed by atoms with Gasteiger partial charge in [-0.15, -0.1) is 0 Å². The van der Waals surface area contributed by atoms with Crippen LogP contribution in [0.3, 0.4) is 0 Å². The molecule has 0 saturated heterocycles. The zero-order chi connectivity index (χ0) is 25.8. The highest BCUT2D eigenvalue weighted by atomic mass is 19.4. The first-order chi connectivity index (χ1) is 17.1. The van der Waals surface area contributed by atoms with Crippen molar-refractivity contribution in [1.29, 1.82) is 0 Å². The van der Waals surface area contributed by atoms with E-state index in [1.165, 1.54) is 0 Å². The number of amides is 1. The molecule has 0 spiro atoms. The van der Waals surface area contributed by atoms with Crippen LogP contribution in [0.5, 0.6) is 0 Å². The third-order valence-electron chi connectivity index (χ3n) is 6.61. The van der Waals surface area contributed by atoms with Crippen molar-refractivity contribution in [2.45, 2.75) is 45.3 Å². The number of hydrogen-bond donors (Lipinski definition) is 4. The lowest BCUT2D eigenvalue weighted by atomic mass is 10.0. The van der Waals surface area contributed by atoms with Gasteiger partial charge in [0.05, 0.1) is 35.1 Å². The number of guanidine groups is 1. The molecule has 2 aliphatic heterocycles. The molecule has 8 nitrogen and oxygen atoms in total. The number of aliphatic imine (C=N–C) groups is 1. The van der Waals surface area contributed by atoms with Crippen molar-refractivity contribution in [3.63, 3.8) is 0 Å². The molecule has 3 aromatic rings. The van der Waals surface area contributed by atoms with Crippen molar-refractivity contribution in [2.24, 2.45) is 10.7 Å². The van der Waals surface area contributed by atoms with Crippen molar-refractivity contribution in [3.05, 3.63) is 81.4 Å². The molecule has 12 heteroatoms. The third-order valence-corrected chi connectivity index (χ3v) is 6.61. The molecule has 188 valence electrons. The van der Waals surface area contributed by atoms with E-state index in [0.717, 1.165) is 35.2 Å². The fourth-order valence-corrected chi connectivity index (χ4v) is 4.71. The number of rotatable bonds is 4. The highest BCUT2D eigenvalue weighted by Crippen LogP contribution is 2.38. The standard InChI is InChI=1S/C24H23F4N7O/c1-11-16-10-35(12(2)19(16)34-33-11)23-31-20-13(21(29)36)5-3-6-14(20)22(32-23)30-9-15-17(24(26,27)28)7-4-8-18(15)25/h3-8,12,22,30H,9-10H2,1-2H3,(H2,29,36)(H,31,32)(H,33,34)/t12-,22?/m0/s1. The van der Waals surface area contributed by atoms with Crippen LogP contribution in [0.1, 0.15) is 63.1 Å². The van der Waals surface area contributed by atoms with Crippen molar-refractivity contribution >= 4 is 17.6 Å². The van der Waals surface area contributed by atoms with Crippen LogP contribution in [-0.4, -0.2) is 27.0 Å². The molecule has 1 amide bonds. The molecule has 2 aromatic carbocycles. The van der Waals surface area contributed by atoms with Gasteiger partial charge in [0.1, 0.15) is 12.0 Å².